The molecular weight excluding hydrogens is 342 g/mol. The van der Waals surface area contributed by atoms with Gasteiger partial charge in [0.05, 0.1) is 12.4 Å². The monoisotopic (exact) mass is 359 g/mol. The average Bonchev–Trinajstić information content (AvgIpc) is 3.24. The molecule has 1 heterocycles. The van der Waals surface area contributed by atoms with Gasteiger partial charge in [0, 0.05) is 45.8 Å². The molecule has 0 aromatic heterocycles. The number of rotatable bonds is 4. The van der Waals surface area contributed by atoms with E-state index in [2.05, 4.69) is 12.7 Å². The van der Waals surface area contributed by atoms with Crippen molar-refractivity contribution in [2.45, 2.75) is 12.8 Å². The summed E-state index contributed by atoms with van der Waals surface area (Å²) in [5.41, 5.74) is 2.01. The predicted molar refractivity (Wildman–Crippen MR) is 77.3 cm³/mol. The third kappa shape index (κ3) is 3.84. The largest absolute Gasteiger partial charge is 0.493 e. The number of likely N-dealkylation sites (N-methyl/N-ethyl adjacent to an activating group) is 1. The van der Waals surface area contributed by atoms with E-state index in [1.54, 1.807) is 12.1 Å². The minimum absolute atomic E-state index is 0. The van der Waals surface area contributed by atoms with Crippen LogP contribution in [0.4, 0.5) is 4.39 Å². The molecule has 1 aliphatic heterocycles. The van der Waals surface area contributed by atoms with Crippen LogP contribution in [-0.2, 0) is 32.7 Å². The van der Waals surface area contributed by atoms with Crippen LogP contribution in [0.5, 0.6) is 5.75 Å². The molecule has 0 unspecified atom stereocenters. The average molecular weight is 359 g/mol. The molecule has 0 atom stereocenters. The van der Waals surface area contributed by atoms with Gasteiger partial charge in [-0.05, 0) is 30.5 Å². The van der Waals surface area contributed by atoms with E-state index in [-0.39, 0.29) is 38.5 Å². The third-order valence-electron chi connectivity index (χ3n) is 3.64. The van der Waals surface area contributed by atoms with E-state index in [0.29, 0.717) is 29.5 Å². The maximum absolute atomic E-state index is 14.3. The standard InChI is InChI=1S/C17H17FNO.Y/c1-12-4-3-5-17(19(12)2)15-9-8-14(10-16(15)18)20-11-13-6-7-13;/h3-4,8-10,13H,1,6-7,11H2,2H3;/q-1;. The van der Waals surface area contributed by atoms with Gasteiger partial charge in [-0.25, -0.2) is 4.39 Å². The fraction of sp³-hybridized carbons (Fsp3) is 0.294. The SMILES string of the molecule is C=C1C=C[C-]=C(c2ccc(OCC3CC3)cc2F)N1C.[Y]. The van der Waals surface area contributed by atoms with Crippen molar-refractivity contribution in [1.82, 2.24) is 4.90 Å². The summed E-state index contributed by atoms with van der Waals surface area (Å²) < 4.78 is 19.8. The molecule has 3 rings (SSSR count). The van der Waals surface area contributed by atoms with Crippen LogP contribution in [0, 0.1) is 17.8 Å². The second-order valence-corrected chi connectivity index (χ2v) is 5.27. The van der Waals surface area contributed by atoms with E-state index in [1.807, 2.05) is 24.1 Å². The Labute approximate surface area is 150 Å². The van der Waals surface area contributed by atoms with Crippen molar-refractivity contribution in [3.8, 4) is 5.75 Å². The zero-order chi connectivity index (χ0) is 14.1. The van der Waals surface area contributed by atoms with Gasteiger partial charge in [0.15, 0.2) is 0 Å². The number of hydrogen-bond donors (Lipinski definition) is 0. The number of allylic oxidation sites excluding steroid dienone is 3. The van der Waals surface area contributed by atoms with E-state index < -0.39 is 0 Å². The summed E-state index contributed by atoms with van der Waals surface area (Å²) in [5.74, 6) is 0.953. The Morgan fingerprint density at radius 3 is 2.86 bits per heavy atom. The molecule has 0 N–H and O–H groups in total. The summed E-state index contributed by atoms with van der Waals surface area (Å²) in [6.45, 7) is 4.59. The smallest absolute Gasteiger partial charge is 0.120 e. The molecule has 2 aliphatic rings. The molecule has 1 aromatic rings. The fourth-order valence-electron chi connectivity index (χ4n) is 2.10. The fourth-order valence-corrected chi connectivity index (χ4v) is 2.10. The Kier molecular flexibility index (Phi) is 5.39. The van der Waals surface area contributed by atoms with Gasteiger partial charge >= 0.3 is 0 Å². The predicted octanol–water partition coefficient (Wildman–Crippen LogP) is 3.77. The van der Waals surface area contributed by atoms with Gasteiger partial charge in [0.2, 0.25) is 0 Å². The maximum Gasteiger partial charge on any atom is 0.120 e. The van der Waals surface area contributed by atoms with Gasteiger partial charge in [0.25, 0.3) is 0 Å². The molecule has 2 nitrogen and oxygen atoms in total. The van der Waals surface area contributed by atoms with Crippen LogP contribution >= 0.6 is 0 Å². The molecule has 0 spiro atoms. The number of ether oxygens (including phenoxy) is 1. The molecule has 107 valence electrons. The van der Waals surface area contributed by atoms with Crippen LogP contribution in [0.1, 0.15) is 18.4 Å². The van der Waals surface area contributed by atoms with Crippen molar-refractivity contribution in [3.05, 3.63) is 60.1 Å². The molecule has 0 amide bonds. The molecule has 0 bridgehead atoms. The van der Waals surface area contributed by atoms with E-state index in [9.17, 15) is 4.39 Å². The van der Waals surface area contributed by atoms with Crippen LogP contribution in [0.2, 0.25) is 0 Å². The summed E-state index contributed by atoms with van der Waals surface area (Å²) in [6, 6.07) is 4.99. The first-order chi connectivity index (χ1) is 9.65. The quantitative estimate of drug-likeness (QED) is 0.759. The topological polar surface area (TPSA) is 12.5 Å². The molecular formula is C17H17FNOY-. The van der Waals surface area contributed by atoms with Crippen LogP contribution in [0.15, 0.2) is 42.6 Å². The summed E-state index contributed by atoms with van der Waals surface area (Å²) >= 11 is 0. The van der Waals surface area contributed by atoms with Gasteiger partial charge in [-0.1, -0.05) is 17.8 Å². The summed E-state index contributed by atoms with van der Waals surface area (Å²) in [6.07, 6.45) is 9.10. The first-order valence-electron chi connectivity index (χ1n) is 6.80. The minimum Gasteiger partial charge on any atom is -0.493 e. The van der Waals surface area contributed by atoms with E-state index >= 15 is 0 Å². The Balaban J connectivity index is 0.00000161. The number of benzene rings is 1. The molecule has 1 aromatic carbocycles. The first-order valence-corrected chi connectivity index (χ1v) is 6.80. The van der Waals surface area contributed by atoms with Gasteiger partial charge in [-0.2, -0.15) is 12.2 Å². The van der Waals surface area contributed by atoms with Gasteiger partial charge in [-0.15, -0.1) is 12.1 Å². The van der Waals surface area contributed by atoms with Crippen molar-refractivity contribution in [1.29, 1.82) is 0 Å². The maximum atomic E-state index is 14.3. The summed E-state index contributed by atoms with van der Waals surface area (Å²) in [7, 11) is 1.85. The van der Waals surface area contributed by atoms with Crippen LogP contribution < -0.4 is 4.74 Å². The zero-order valence-corrected chi connectivity index (χ0v) is 14.9. The van der Waals surface area contributed by atoms with Crippen molar-refractivity contribution in [2.75, 3.05) is 13.7 Å². The number of halogens is 1. The minimum atomic E-state index is -0.296. The van der Waals surface area contributed by atoms with Crippen molar-refractivity contribution < 1.29 is 41.8 Å². The number of hydrogen-bond acceptors (Lipinski definition) is 2. The molecule has 1 aliphatic carbocycles. The number of nitrogens with zero attached hydrogens (tertiary/aromatic N) is 1. The molecule has 1 radical (unpaired) electrons. The van der Waals surface area contributed by atoms with E-state index in [0.717, 1.165) is 5.70 Å². The molecule has 21 heavy (non-hydrogen) atoms. The molecule has 0 saturated heterocycles. The second-order valence-electron chi connectivity index (χ2n) is 5.27. The normalized spacial score (nSPS) is 17.3. The van der Waals surface area contributed by atoms with Gasteiger partial charge in [-0.3, -0.25) is 0 Å². The second kappa shape index (κ2) is 6.89. The molecule has 1 saturated carbocycles. The van der Waals surface area contributed by atoms with E-state index in [4.69, 9.17) is 4.74 Å². The van der Waals surface area contributed by atoms with Gasteiger partial charge in [0.1, 0.15) is 5.75 Å². The Morgan fingerprint density at radius 2 is 2.19 bits per heavy atom. The zero-order valence-electron chi connectivity index (χ0n) is 12.1. The molecule has 4 heteroatoms. The van der Waals surface area contributed by atoms with Crippen molar-refractivity contribution in [3.63, 3.8) is 0 Å². The van der Waals surface area contributed by atoms with Crippen LogP contribution in [-0.4, -0.2) is 18.6 Å². The Hall–Kier alpha value is -0.926. The van der Waals surface area contributed by atoms with E-state index in [1.165, 1.54) is 18.9 Å². The van der Waals surface area contributed by atoms with Crippen LogP contribution in [0.3, 0.4) is 0 Å². The van der Waals surface area contributed by atoms with Crippen LogP contribution in [0.25, 0.3) is 5.70 Å². The van der Waals surface area contributed by atoms with Crippen molar-refractivity contribution in [2.24, 2.45) is 5.92 Å². The van der Waals surface area contributed by atoms with Crippen molar-refractivity contribution >= 4 is 5.70 Å². The third-order valence-corrected chi connectivity index (χ3v) is 3.64. The Bertz CT molecular complexity index is 605. The first kappa shape index (κ1) is 16.4. The molecule has 1 fully saturated rings. The Morgan fingerprint density at radius 1 is 1.43 bits per heavy atom. The summed E-state index contributed by atoms with van der Waals surface area (Å²) in [5, 5.41) is 0. The summed E-state index contributed by atoms with van der Waals surface area (Å²) in [4.78, 5) is 1.82. The van der Waals surface area contributed by atoms with Gasteiger partial charge < -0.3 is 9.64 Å².